The second-order valence-corrected chi connectivity index (χ2v) is 6.59. The van der Waals surface area contributed by atoms with Gasteiger partial charge < -0.3 is 19.8 Å². The molecular formula is C19H30N4O2. The molecule has 25 heavy (non-hydrogen) atoms. The van der Waals surface area contributed by atoms with Crippen molar-refractivity contribution in [2.75, 3.05) is 46.4 Å². The molecule has 1 aromatic rings. The third kappa shape index (κ3) is 5.34. The first-order valence-corrected chi connectivity index (χ1v) is 9.34. The lowest BCUT2D eigenvalue weighted by Gasteiger charge is -2.26. The molecular weight excluding hydrogens is 316 g/mol. The van der Waals surface area contributed by atoms with Crippen LogP contribution < -0.4 is 10.6 Å². The van der Waals surface area contributed by atoms with Crippen molar-refractivity contribution in [3.05, 3.63) is 35.8 Å². The summed E-state index contributed by atoms with van der Waals surface area (Å²) < 4.78 is 11.0. The van der Waals surface area contributed by atoms with E-state index in [1.165, 1.54) is 18.4 Å². The number of nitrogens with zero attached hydrogens (tertiary/aromatic N) is 2. The first-order valence-electron chi connectivity index (χ1n) is 9.34. The van der Waals surface area contributed by atoms with Gasteiger partial charge in [0.15, 0.2) is 5.96 Å². The molecule has 0 aromatic carbocycles. The summed E-state index contributed by atoms with van der Waals surface area (Å²) in [6, 6.07) is 4.29. The van der Waals surface area contributed by atoms with Crippen molar-refractivity contribution < 1.29 is 9.15 Å². The summed E-state index contributed by atoms with van der Waals surface area (Å²) in [5, 5.41) is 6.88. The van der Waals surface area contributed by atoms with Crippen molar-refractivity contribution in [2.45, 2.75) is 31.7 Å². The number of likely N-dealkylation sites (tertiary alicyclic amines) is 1. The molecule has 0 aliphatic carbocycles. The van der Waals surface area contributed by atoms with Gasteiger partial charge in [0.2, 0.25) is 0 Å². The van der Waals surface area contributed by atoms with Gasteiger partial charge in [0, 0.05) is 20.1 Å². The Morgan fingerprint density at radius 3 is 2.88 bits per heavy atom. The summed E-state index contributed by atoms with van der Waals surface area (Å²) in [6.45, 7) is 5.55. The molecule has 0 radical (unpaired) electrons. The average molecular weight is 346 g/mol. The number of aliphatic imine (C=N–C) groups is 1. The summed E-state index contributed by atoms with van der Waals surface area (Å²) in [5.41, 5.74) is 1.47. The van der Waals surface area contributed by atoms with E-state index in [4.69, 9.17) is 9.15 Å². The second kappa shape index (κ2) is 9.63. The number of hydrogen-bond donors (Lipinski definition) is 2. The van der Waals surface area contributed by atoms with Gasteiger partial charge in [-0.3, -0.25) is 9.89 Å². The summed E-state index contributed by atoms with van der Waals surface area (Å²) >= 11 is 0. The van der Waals surface area contributed by atoms with E-state index in [0.717, 1.165) is 64.0 Å². The number of furan rings is 1. The molecule has 0 amide bonds. The van der Waals surface area contributed by atoms with E-state index < -0.39 is 0 Å². The number of ether oxygens (including phenoxy) is 1. The van der Waals surface area contributed by atoms with Crippen LogP contribution in [0, 0.1) is 0 Å². The summed E-state index contributed by atoms with van der Waals surface area (Å²) in [6.07, 6.45) is 8.57. The molecule has 2 aliphatic rings. The monoisotopic (exact) mass is 346 g/mol. The Kier molecular flexibility index (Phi) is 6.94. The van der Waals surface area contributed by atoms with Crippen LogP contribution >= 0.6 is 0 Å². The highest BCUT2D eigenvalue weighted by atomic mass is 16.5. The van der Waals surface area contributed by atoms with Gasteiger partial charge in [-0.25, -0.2) is 0 Å². The van der Waals surface area contributed by atoms with Crippen molar-refractivity contribution in [3.63, 3.8) is 0 Å². The van der Waals surface area contributed by atoms with Crippen molar-refractivity contribution in [1.29, 1.82) is 0 Å². The van der Waals surface area contributed by atoms with Crippen LogP contribution in [-0.2, 0) is 4.74 Å². The predicted octanol–water partition coefficient (Wildman–Crippen LogP) is 2.32. The molecule has 138 valence electrons. The Balaban J connectivity index is 1.47. The smallest absolute Gasteiger partial charge is 0.191 e. The molecule has 2 aliphatic heterocycles. The topological polar surface area (TPSA) is 62.0 Å². The summed E-state index contributed by atoms with van der Waals surface area (Å²) in [4.78, 5) is 6.84. The zero-order chi connectivity index (χ0) is 17.3. The fraction of sp³-hybridized carbons (Fsp3) is 0.632. The van der Waals surface area contributed by atoms with Gasteiger partial charge in [-0.05, 0) is 50.9 Å². The first kappa shape index (κ1) is 18.0. The fourth-order valence-electron chi connectivity index (χ4n) is 3.49. The molecule has 0 saturated carbocycles. The zero-order valence-electron chi connectivity index (χ0n) is 15.2. The van der Waals surface area contributed by atoms with Crippen molar-refractivity contribution >= 4 is 5.96 Å². The molecule has 2 N–H and O–H groups in total. The van der Waals surface area contributed by atoms with Crippen LogP contribution in [0.15, 0.2) is 39.5 Å². The van der Waals surface area contributed by atoms with E-state index in [2.05, 4.69) is 32.7 Å². The molecule has 3 heterocycles. The molecule has 1 aromatic heterocycles. The lowest BCUT2D eigenvalue weighted by Crippen LogP contribution is -2.43. The first-order chi connectivity index (χ1) is 12.4. The Labute approximate surface area is 150 Å². The van der Waals surface area contributed by atoms with Gasteiger partial charge in [-0.1, -0.05) is 11.6 Å². The minimum Gasteiger partial charge on any atom is -0.468 e. The van der Waals surface area contributed by atoms with Crippen molar-refractivity contribution in [2.24, 2.45) is 4.99 Å². The molecule has 1 atom stereocenters. The zero-order valence-corrected chi connectivity index (χ0v) is 15.2. The van der Waals surface area contributed by atoms with Gasteiger partial charge in [0.25, 0.3) is 0 Å². The third-order valence-corrected chi connectivity index (χ3v) is 4.94. The van der Waals surface area contributed by atoms with E-state index in [0.29, 0.717) is 0 Å². The Bertz CT molecular complexity index is 562. The van der Waals surface area contributed by atoms with Gasteiger partial charge in [0.05, 0.1) is 25.5 Å². The molecule has 1 saturated heterocycles. The van der Waals surface area contributed by atoms with Crippen molar-refractivity contribution in [1.82, 2.24) is 15.5 Å². The number of hydrogen-bond acceptors (Lipinski definition) is 4. The van der Waals surface area contributed by atoms with Crippen LogP contribution in [0.2, 0.25) is 0 Å². The molecule has 6 heteroatoms. The highest BCUT2D eigenvalue weighted by molar-refractivity contribution is 5.79. The van der Waals surface area contributed by atoms with Crippen LogP contribution in [-0.4, -0.2) is 57.3 Å². The molecule has 0 spiro atoms. The highest BCUT2D eigenvalue weighted by Crippen LogP contribution is 2.24. The Morgan fingerprint density at radius 2 is 2.20 bits per heavy atom. The lowest BCUT2D eigenvalue weighted by molar-refractivity contribution is 0.153. The van der Waals surface area contributed by atoms with E-state index >= 15 is 0 Å². The van der Waals surface area contributed by atoms with Gasteiger partial charge in [0.1, 0.15) is 5.76 Å². The quantitative estimate of drug-likeness (QED) is 0.451. The maximum absolute atomic E-state index is 5.67. The van der Waals surface area contributed by atoms with Crippen molar-refractivity contribution in [3.8, 4) is 0 Å². The van der Waals surface area contributed by atoms with Crippen LogP contribution in [0.4, 0.5) is 0 Å². The van der Waals surface area contributed by atoms with Crippen LogP contribution in [0.1, 0.15) is 37.5 Å². The maximum atomic E-state index is 5.67. The summed E-state index contributed by atoms with van der Waals surface area (Å²) in [7, 11) is 1.82. The highest BCUT2D eigenvalue weighted by Gasteiger charge is 2.25. The minimum atomic E-state index is 0.259. The number of nitrogens with one attached hydrogen (secondary N) is 2. The molecule has 0 bridgehead atoms. The lowest BCUT2D eigenvalue weighted by atomic mass is 10.1. The van der Waals surface area contributed by atoms with E-state index in [-0.39, 0.29) is 6.04 Å². The van der Waals surface area contributed by atoms with E-state index in [1.54, 1.807) is 6.26 Å². The molecule has 3 rings (SSSR count). The van der Waals surface area contributed by atoms with Gasteiger partial charge in [-0.15, -0.1) is 0 Å². The van der Waals surface area contributed by atoms with Crippen LogP contribution in [0.3, 0.4) is 0 Å². The third-order valence-electron chi connectivity index (χ3n) is 4.94. The SMILES string of the molecule is CN=C(NCCC1=CCOCC1)NCC(c1ccco1)N1CCCC1. The Hall–Kier alpha value is -1.79. The predicted molar refractivity (Wildman–Crippen MR) is 99.8 cm³/mol. The molecule has 6 nitrogen and oxygen atoms in total. The van der Waals surface area contributed by atoms with Crippen LogP contribution in [0.5, 0.6) is 0 Å². The molecule has 1 fully saturated rings. The Morgan fingerprint density at radius 1 is 1.32 bits per heavy atom. The number of guanidine groups is 1. The number of rotatable bonds is 7. The van der Waals surface area contributed by atoms with Gasteiger partial charge in [-0.2, -0.15) is 0 Å². The fourth-order valence-corrected chi connectivity index (χ4v) is 3.49. The minimum absolute atomic E-state index is 0.259. The normalized spacial score (nSPS) is 20.4. The largest absolute Gasteiger partial charge is 0.468 e. The van der Waals surface area contributed by atoms with E-state index in [1.807, 2.05) is 13.1 Å². The molecule has 1 unspecified atom stereocenters. The standard InChI is InChI=1S/C19H30N4O2/c1-20-19(21-9-6-16-7-13-24-14-8-16)22-15-17(18-5-4-12-25-18)23-10-2-3-11-23/h4-5,7,12,17H,2-3,6,8-11,13-15H2,1H3,(H2,20,21,22). The second-order valence-electron chi connectivity index (χ2n) is 6.59. The summed E-state index contributed by atoms with van der Waals surface area (Å²) in [5.74, 6) is 1.88. The van der Waals surface area contributed by atoms with E-state index in [9.17, 15) is 0 Å². The van der Waals surface area contributed by atoms with Crippen LogP contribution in [0.25, 0.3) is 0 Å². The average Bonchev–Trinajstić information content (AvgIpc) is 3.36. The van der Waals surface area contributed by atoms with Gasteiger partial charge >= 0.3 is 0 Å². The maximum Gasteiger partial charge on any atom is 0.191 e.